The van der Waals surface area contributed by atoms with Crippen molar-refractivity contribution in [2.75, 3.05) is 12.4 Å². The highest BCUT2D eigenvalue weighted by atomic mass is 32.2. The van der Waals surface area contributed by atoms with E-state index in [0.717, 1.165) is 6.42 Å². The van der Waals surface area contributed by atoms with E-state index >= 15 is 0 Å². The normalized spacial score (nSPS) is 14.5. The maximum atomic E-state index is 5.01. The molecule has 0 bridgehead atoms. The highest BCUT2D eigenvalue weighted by Gasteiger charge is 2.14. The summed E-state index contributed by atoms with van der Waals surface area (Å²) in [5, 5.41) is 0. The van der Waals surface area contributed by atoms with Gasteiger partial charge in [-0.25, -0.2) is 5.90 Å². The predicted octanol–water partition coefficient (Wildman–Crippen LogP) is 1.77. The van der Waals surface area contributed by atoms with E-state index in [1.807, 2.05) is 11.8 Å². The van der Waals surface area contributed by atoms with Gasteiger partial charge in [-0.15, -0.1) is 11.8 Å². The van der Waals surface area contributed by atoms with Crippen LogP contribution in [-0.2, 0) is 17.7 Å². The van der Waals surface area contributed by atoms with E-state index in [1.165, 1.54) is 28.2 Å². The van der Waals surface area contributed by atoms with E-state index in [4.69, 9.17) is 5.90 Å². The van der Waals surface area contributed by atoms with Gasteiger partial charge in [0.15, 0.2) is 0 Å². The highest BCUT2D eigenvalue weighted by Crippen LogP contribution is 2.34. The molecule has 1 aromatic rings. The van der Waals surface area contributed by atoms with E-state index in [9.17, 15) is 0 Å². The Kier molecular flexibility index (Phi) is 2.88. The largest absolute Gasteiger partial charge is 0.304 e. The molecule has 0 saturated heterocycles. The average molecular weight is 195 g/mol. The van der Waals surface area contributed by atoms with Crippen molar-refractivity contribution in [1.82, 2.24) is 0 Å². The van der Waals surface area contributed by atoms with Crippen molar-refractivity contribution in [3.8, 4) is 0 Å². The van der Waals surface area contributed by atoms with Crippen LogP contribution in [0.1, 0.15) is 11.1 Å². The molecule has 70 valence electrons. The van der Waals surface area contributed by atoms with Crippen LogP contribution in [-0.4, -0.2) is 12.4 Å². The van der Waals surface area contributed by atoms with Crippen molar-refractivity contribution in [2.45, 2.75) is 17.7 Å². The van der Waals surface area contributed by atoms with Crippen molar-refractivity contribution in [3.63, 3.8) is 0 Å². The first-order valence-electron chi connectivity index (χ1n) is 4.47. The number of fused-ring (bicyclic) bond motifs is 1. The number of thioether (sulfide) groups is 1. The Morgan fingerprint density at radius 2 is 2.38 bits per heavy atom. The number of nitrogens with two attached hydrogens (primary N) is 1. The van der Waals surface area contributed by atoms with E-state index in [1.54, 1.807) is 0 Å². The Labute approximate surface area is 82.4 Å². The van der Waals surface area contributed by atoms with Gasteiger partial charge in [0.25, 0.3) is 0 Å². The predicted molar refractivity (Wildman–Crippen MR) is 54.7 cm³/mol. The molecule has 0 amide bonds. The molecule has 0 unspecified atom stereocenters. The standard InChI is InChI=1S/C10H13NOS/c11-12-6-4-8-2-1-3-9-5-7-13-10(8)9/h1-3H,4-7,11H2. The zero-order chi connectivity index (χ0) is 9.10. The molecule has 2 nitrogen and oxygen atoms in total. The smallest absolute Gasteiger partial charge is 0.0720 e. The Morgan fingerprint density at radius 1 is 1.46 bits per heavy atom. The lowest BCUT2D eigenvalue weighted by Crippen LogP contribution is -2.04. The van der Waals surface area contributed by atoms with Crippen molar-refractivity contribution in [2.24, 2.45) is 5.90 Å². The number of aryl methyl sites for hydroxylation is 1. The molecule has 0 radical (unpaired) electrons. The second-order valence-corrected chi connectivity index (χ2v) is 4.23. The molecule has 1 aromatic carbocycles. The van der Waals surface area contributed by atoms with Crippen molar-refractivity contribution < 1.29 is 4.84 Å². The lowest BCUT2D eigenvalue weighted by atomic mass is 10.1. The Balaban J connectivity index is 2.20. The molecule has 1 aliphatic rings. The molecule has 0 saturated carbocycles. The molecular formula is C10H13NOS. The summed E-state index contributed by atoms with van der Waals surface area (Å²) in [6, 6.07) is 6.49. The van der Waals surface area contributed by atoms with Gasteiger partial charge in [-0.05, 0) is 24.0 Å². The summed E-state index contributed by atoms with van der Waals surface area (Å²) >= 11 is 1.95. The topological polar surface area (TPSA) is 35.2 Å². The molecule has 0 atom stereocenters. The Bertz CT molecular complexity index is 301. The lowest BCUT2D eigenvalue weighted by Gasteiger charge is -2.05. The zero-order valence-electron chi connectivity index (χ0n) is 7.45. The minimum absolute atomic E-state index is 0.608. The van der Waals surface area contributed by atoms with Gasteiger partial charge in [0.1, 0.15) is 0 Å². The van der Waals surface area contributed by atoms with Crippen LogP contribution >= 0.6 is 11.8 Å². The third-order valence-electron chi connectivity index (χ3n) is 2.29. The van der Waals surface area contributed by atoms with Crippen LogP contribution in [0, 0.1) is 0 Å². The molecule has 1 heterocycles. The number of hydrogen-bond donors (Lipinski definition) is 1. The molecule has 1 aliphatic heterocycles. The van der Waals surface area contributed by atoms with Gasteiger partial charge in [-0.2, -0.15) is 0 Å². The first kappa shape index (κ1) is 9.06. The molecule has 3 heteroatoms. The second-order valence-electron chi connectivity index (χ2n) is 3.12. The maximum absolute atomic E-state index is 5.01. The van der Waals surface area contributed by atoms with Crippen molar-refractivity contribution >= 4 is 11.8 Å². The minimum atomic E-state index is 0.608. The fourth-order valence-electron chi connectivity index (χ4n) is 1.65. The third kappa shape index (κ3) is 1.88. The number of hydrogen-bond acceptors (Lipinski definition) is 3. The highest BCUT2D eigenvalue weighted by molar-refractivity contribution is 7.99. The summed E-state index contributed by atoms with van der Waals surface area (Å²) < 4.78 is 0. The first-order chi connectivity index (χ1) is 6.42. The summed E-state index contributed by atoms with van der Waals surface area (Å²) in [7, 11) is 0. The van der Waals surface area contributed by atoms with Crippen LogP contribution in [0.2, 0.25) is 0 Å². The summed E-state index contributed by atoms with van der Waals surface area (Å²) in [5.41, 5.74) is 2.87. The quantitative estimate of drug-likeness (QED) is 0.746. The SMILES string of the molecule is NOCCc1cccc2c1SCC2. The summed E-state index contributed by atoms with van der Waals surface area (Å²) in [4.78, 5) is 6.05. The lowest BCUT2D eigenvalue weighted by molar-refractivity contribution is 0.141. The van der Waals surface area contributed by atoms with Crippen LogP contribution in [0.15, 0.2) is 23.1 Å². The minimum Gasteiger partial charge on any atom is -0.304 e. The molecule has 0 fully saturated rings. The van der Waals surface area contributed by atoms with Crippen LogP contribution in [0.4, 0.5) is 0 Å². The third-order valence-corrected chi connectivity index (χ3v) is 3.51. The molecule has 13 heavy (non-hydrogen) atoms. The fraction of sp³-hybridized carbons (Fsp3) is 0.400. The van der Waals surface area contributed by atoms with Crippen LogP contribution < -0.4 is 5.90 Å². The molecular weight excluding hydrogens is 182 g/mol. The van der Waals surface area contributed by atoms with Crippen LogP contribution in [0.3, 0.4) is 0 Å². The van der Waals surface area contributed by atoms with Crippen molar-refractivity contribution in [3.05, 3.63) is 29.3 Å². The first-order valence-corrected chi connectivity index (χ1v) is 5.45. The van der Waals surface area contributed by atoms with Gasteiger partial charge >= 0.3 is 0 Å². The number of benzene rings is 1. The van der Waals surface area contributed by atoms with Gasteiger partial charge in [-0.1, -0.05) is 18.2 Å². The van der Waals surface area contributed by atoms with E-state index in [0.29, 0.717) is 6.61 Å². The summed E-state index contributed by atoms with van der Waals surface area (Å²) in [5.74, 6) is 6.23. The van der Waals surface area contributed by atoms with Gasteiger partial charge in [0.2, 0.25) is 0 Å². The van der Waals surface area contributed by atoms with Gasteiger partial charge < -0.3 is 4.84 Å². The molecule has 0 aliphatic carbocycles. The fourth-order valence-corrected chi connectivity index (χ4v) is 2.89. The Morgan fingerprint density at radius 3 is 3.23 bits per heavy atom. The van der Waals surface area contributed by atoms with Crippen molar-refractivity contribution in [1.29, 1.82) is 0 Å². The zero-order valence-corrected chi connectivity index (χ0v) is 8.27. The van der Waals surface area contributed by atoms with E-state index < -0.39 is 0 Å². The van der Waals surface area contributed by atoms with Gasteiger partial charge in [0, 0.05) is 10.6 Å². The molecule has 2 N–H and O–H groups in total. The maximum Gasteiger partial charge on any atom is 0.0720 e. The van der Waals surface area contributed by atoms with Gasteiger partial charge in [-0.3, -0.25) is 0 Å². The average Bonchev–Trinajstić information content (AvgIpc) is 2.62. The molecule has 0 aromatic heterocycles. The summed E-state index contributed by atoms with van der Waals surface area (Å²) in [6.45, 7) is 0.608. The monoisotopic (exact) mass is 195 g/mol. The van der Waals surface area contributed by atoms with Crippen LogP contribution in [0.25, 0.3) is 0 Å². The van der Waals surface area contributed by atoms with Crippen LogP contribution in [0.5, 0.6) is 0 Å². The Hall–Kier alpha value is -0.510. The number of rotatable bonds is 3. The summed E-state index contributed by atoms with van der Waals surface area (Å²) in [6.07, 6.45) is 2.13. The van der Waals surface area contributed by atoms with Gasteiger partial charge in [0.05, 0.1) is 6.61 Å². The molecule has 0 spiro atoms. The van der Waals surface area contributed by atoms with E-state index in [-0.39, 0.29) is 0 Å². The molecule has 2 rings (SSSR count). The van der Waals surface area contributed by atoms with E-state index in [2.05, 4.69) is 23.0 Å². The second kappa shape index (κ2) is 4.13.